The first-order valence-corrected chi connectivity index (χ1v) is 17.9. The number of benzene rings is 3. The van der Waals surface area contributed by atoms with Crippen LogP contribution in [0.1, 0.15) is 55.7 Å². The molecule has 3 amide bonds. The van der Waals surface area contributed by atoms with Crippen molar-refractivity contribution in [3.8, 4) is 0 Å². The number of aromatic nitrogens is 3. The second-order valence-corrected chi connectivity index (χ2v) is 14.6. The molecule has 53 heavy (non-hydrogen) atoms. The van der Waals surface area contributed by atoms with Crippen molar-refractivity contribution in [1.29, 1.82) is 0 Å². The highest BCUT2D eigenvalue weighted by Crippen LogP contribution is 2.59. The van der Waals surface area contributed by atoms with E-state index in [1.807, 2.05) is 67.6 Å². The maximum atomic E-state index is 16.4. The molecule has 276 valence electrons. The molecule has 3 aromatic carbocycles. The molecule has 1 spiro atoms. The lowest BCUT2D eigenvalue weighted by Gasteiger charge is -2.32. The zero-order valence-corrected chi connectivity index (χ0v) is 29.7. The van der Waals surface area contributed by atoms with E-state index in [1.165, 1.54) is 18.7 Å². The van der Waals surface area contributed by atoms with Gasteiger partial charge >= 0.3 is 12.2 Å². The molecular weight excluding hydrogens is 683 g/mol. The Bertz CT molecular complexity index is 2040. The van der Waals surface area contributed by atoms with Crippen molar-refractivity contribution in [3.63, 3.8) is 0 Å². The van der Waals surface area contributed by atoms with E-state index < -0.39 is 47.5 Å². The lowest BCUT2D eigenvalue weighted by molar-refractivity contribution is -0.146. The third-order valence-electron chi connectivity index (χ3n) is 11.0. The van der Waals surface area contributed by atoms with E-state index in [4.69, 9.17) is 14.2 Å². The fourth-order valence-electron chi connectivity index (χ4n) is 8.46. The van der Waals surface area contributed by atoms with Crippen molar-refractivity contribution in [3.05, 3.63) is 101 Å². The van der Waals surface area contributed by atoms with Crippen LogP contribution in [-0.4, -0.2) is 76.3 Å². The Kier molecular flexibility index (Phi) is 8.69. The van der Waals surface area contributed by atoms with Crippen LogP contribution < -0.4 is 14.7 Å². The number of hydrogen-bond acceptors (Lipinski definition) is 9. The summed E-state index contributed by atoms with van der Waals surface area (Å²) in [5.74, 6) is -1.63. The van der Waals surface area contributed by atoms with E-state index in [0.717, 1.165) is 5.56 Å². The molecule has 1 aromatic heterocycles. The van der Waals surface area contributed by atoms with Crippen LogP contribution in [0.2, 0.25) is 0 Å². The van der Waals surface area contributed by atoms with Crippen LogP contribution in [-0.2, 0) is 37.7 Å². The second-order valence-electron chi connectivity index (χ2n) is 14.6. The van der Waals surface area contributed by atoms with Crippen molar-refractivity contribution in [2.75, 3.05) is 41.0 Å². The second kappa shape index (κ2) is 13.3. The molecule has 8 rings (SSSR count). The largest absolute Gasteiger partial charge is 0.447 e. The first-order chi connectivity index (χ1) is 25.5. The Labute approximate surface area is 305 Å². The number of rotatable bonds is 10. The maximum absolute atomic E-state index is 16.4. The van der Waals surface area contributed by atoms with Crippen molar-refractivity contribution < 1.29 is 38.1 Å². The molecular formula is C39H41FN6O7. The molecule has 1 N–H and O–H groups in total. The van der Waals surface area contributed by atoms with Crippen LogP contribution in [0.3, 0.4) is 0 Å². The molecule has 3 saturated heterocycles. The predicted molar refractivity (Wildman–Crippen MR) is 191 cm³/mol. The average Bonchev–Trinajstić information content (AvgIpc) is 3.98. The Morgan fingerprint density at radius 1 is 0.943 bits per heavy atom. The molecule has 3 fully saturated rings. The molecule has 0 aliphatic carbocycles. The first kappa shape index (κ1) is 34.7. The van der Waals surface area contributed by atoms with Gasteiger partial charge in [-0.15, -0.1) is 5.10 Å². The van der Waals surface area contributed by atoms with Gasteiger partial charge in [-0.1, -0.05) is 54.6 Å². The number of alkyl halides is 1. The summed E-state index contributed by atoms with van der Waals surface area (Å²) in [6.07, 6.45) is -0.556. The average molecular weight is 725 g/mol. The number of aliphatic hydroxyl groups excluding tert-OH is 1. The van der Waals surface area contributed by atoms with Gasteiger partial charge in [0.1, 0.15) is 30.7 Å². The minimum atomic E-state index is -1.73. The van der Waals surface area contributed by atoms with Gasteiger partial charge in [0.05, 0.1) is 37.6 Å². The molecule has 0 radical (unpaired) electrons. The van der Waals surface area contributed by atoms with Crippen LogP contribution >= 0.6 is 0 Å². The molecule has 14 heteroatoms. The van der Waals surface area contributed by atoms with Gasteiger partial charge in [0.2, 0.25) is 0 Å². The zero-order valence-electron chi connectivity index (χ0n) is 29.7. The molecule has 5 atom stereocenters. The van der Waals surface area contributed by atoms with Crippen molar-refractivity contribution in [2.45, 2.75) is 63.8 Å². The fraction of sp³-hybridized carbons (Fsp3) is 0.410. The number of nitrogens with zero attached hydrogens (tertiary/aromatic N) is 6. The topological polar surface area (TPSA) is 140 Å². The van der Waals surface area contributed by atoms with E-state index in [9.17, 15) is 19.5 Å². The lowest BCUT2D eigenvalue weighted by atomic mass is 9.71. The van der Waals surface area contributed by atoms with Crippen molar-refractivity contribution in [2.24, 2.45) is 11.8 Å². The number of halogens is 1. The molecule has 4 aliphatic rings. The summed E-state index contributed by atoms with van der Waals surface area (Å²) in [5.41, 5.74) is 1.02. The van der Waals surface area contributed by atoms with Crippen molar-refractivity contribution in [1.82, 2.24) is 15.0 Å². The highest BCUT2D eigenvalue weighted by atomic mass is 19.1. The monoisotopic (exact) mass is 724 g/mol. The van der Waals surface area contributed by atoms with E-state index in [1.54, 1.807) is 32.8 Å². The third kappa shape index (κ3) is 5.99. The smallest absolute Gasteiger partial charge is 0.414 e. The van der Waals surface area contributed by atoms with Crippen LogP contribution in [0.5, 0.6) is 0 Å². The highest BCUT2D eigenvalue weighted by Gasteiger charge is 2.66. The predicted octanol–water partition coefficient (Wildman–Crippen LogP) is 5.50. The fourth-order valence-corrected chi connectivity index (χ4v) is 8.46. The highest BCUT2D eigenvalue weighted by molar-refractivity contribution is 6.08. The Morgan fingerprint density at radius 2 is 1.60 bits per heavy atom. The van der Waals surface area contributed by atoms with E-state index in [2.05, 4.69) is 10.3 Å². The van der Waals surface area contributed by atoms with Crippen LogP contribution in [0.4, 0.5) is 31.0 Å². The summed E-state index contributed by atoms with van der Waals surface area (Å²) >= 11 is 0. The first-order valence-electron chi connectivity index (χ1n) is 17.9. The van der Waals surface area contributed by atoms with Gasteiger partial charge in [-0.3, -0.25) is 19.3 Å². The van der Waals surface area contributed by atoms with E-state index in [0.29, 0.717) is 66.5 Å². The summed E-state index contributed by atoms with van der Waals surface area (Å²) in [7, 11) is 0. The number of ether oxygens (including phenoxy) is 3. The molecule has 0 unspecified atom stereocenters. The van der Waals surface area contributed by atoms with Crippen LogP contribution in [0.15, 0.2) is 79.0 Å². The summed E-state index contributed by atoms with van der Waals surface area (Å²) < 4.78 is 35.2. The number of anilines is 3. The molecule has 0 bridgehead atoms. The Hall–Kier alpha value is -5.34. The van der Waals surface area contributed by atoms with Crippen LogP contribution in [0, 0.1) is 11.8 Å². The number of carbonyl (C=O) groups is 3. The van der Waals surface area contributed by atoms with Gasteiger partial charge in [0.15, 0.2) is 5.60 Å². The zero-order chi connectivity index (χ0) is 37.1. The SMILES string of the molecule is C[C@H]1[C@H](C(C)(C)F)[C@@H](CCn2cc([C@H](O)c3ccccc3)nn2)O[C@]12C(=O)N(Cc1ccc(N3CCOC3=O)cc1)c1ccc(N3CCOC3=O)cc12. The number of cyclic esters (lactones) is 2. The van der Waals surface area contributed by atoms with Crippen LogP contribution in [0.25, 0.3) is 0 Å². The summed E-state index contributed by atoms with van der Waals surface area (Å²) in [6, 6.07) is 21.9. The van der Waals surface area contributed by atoms with E-state index in [-0.39, 0.29) is 19.1 Å². The van der Waals surface area contributed by atoms with Gasteiger partial charge in [0, 0.05) is 35.3 Å². The van der Waals surface area contributed by atoms with Gasteiger partial charge in [-0.2, -0.15) is 0 Å². The van der Waals surface area contributed by atoms with E-state index >= 15 is 4.39 Å². The third-order valence-corrected chi connectivity index (χ3v) is 11.0. The molecule has 0 saturated carbocycles. The number of fused-ring (bicyclic) bond motifs is 2. The summed E-state index contributed by atoms with van der Waals surface area (Å²) in [5, 5.41) is 19.3. The lowest BCUT2D eigenvalue weighted by Crippen LogP contribution is -2.45. The van der Waals surface area contributed by atoms with Crippen molar-refractivity contribution >= 4 is 35.2 Å². The molecule has 4 aromatic rings. The maximum Gasteiger partial charge on any atom is 0.414 e. The Balaban J connectivity index is 1.11. The quantitative estimate of drug-likeness (QED) is 0.225. The molecule has 4 aliphatic heterocycles. The molecule has 13 nitrogen and oxygen atoms in total. The number of aliphatic hydroxyl groups is 1. The number of amides is 3. The molecule has 5 heterocycles. The van der Waals surface area contributed by atoms with Gasteiger partial charge in [-0.05, 0) is 61.7 Å². The number of aryl methyl sites for hydroxylation is 1. The summed E-state index contributed by atoms with van der Waals surface area (Å²) in [6.45, 7) is 6.78. The normalized spacial score (nSPS) is 24.7. The number of hydrogen-bond donors (Lipinski definition) is 1. The Morgan fingerprint density at radius 3 is 2.25 bits per heavy atom. The summed E-state index contributed by atoms with van der Waals surface area (Å²) in [4.78, 5) is 44.5. The van der Waals surface area contributed by atoms with Gasteiger partial charge < -0.3 is 24.2 Å². The standard InChI is InChI=1S/C39H41FN6O7/c1-24-33(38(2,3)40)32(15-16-43-23-30(41-42-43)34(47)26-7-5-4-6-8-26)53-39(24)29-21-28(45-18-20-52-37(45)50)13-14-31(29)46(35(39)48)22-25-9-11-27(12-10-25)44-17-19-51-36(44)49/h4-14,21,23-24,32-34,47H,15-20,22H2,1-3H3/t24-,32+,33-,34+,39+/m0/s1. The number of carbonyl (C=O) groups excluding carboxylic acids is 3. The van der Waals surface area contributed by atoms with Gasteiger partial charge in [0.25, 0.3) is 5.91 Å². The minimum Gasteiger partial charge on any atom is -0.447 e. The minimum absolute atomic E-state index is 0.194. The van der Waals surface area contributed by atoms with Gasteiger partial charge in [-0.25, -0.2) is 14.0 Å².